The Morgan fingerprint density at radius 2 is 1.90 bits per heavy atom. The summed E-state index contributed by atoms with van der Waals surface area (Å²) in [5, 5.41) is 2.98. The maximum absolute atomic E-state index is 14.3. The molecule has 0 saturated heterocycles. The summed E-state index contributed by atoms with van der Waals surface area (Å²) in [4.78, 5) is 1.87. The Kier molecular flexibility index (Phi) is 3.20. The Morgan fingerprint density at radius 3 is 2.62 bits per heavy atom. The van der Waals surface area contributed by atoms with Gasteiger partial charge < -0.3 is 10.2 Å². The van der Waals surface area contributed by atoms with E-state index in [1.165, 1.54) is 5.56 Å². The quantitative estimate of drug-likeness (QED) is 0.838. The summed E-state index contributed by atoms with van der Waals surface area (Å²) in [6.07, 6.45) is 0. The monoisotopic (exact) mass is 282 g/mol. The van der Waals surface area contributed by atoms with Crippen LogP contribution >= 0.6 is 0 Å². The first-order valence-corrected chi connectivity index (χ1v) is 7.11. The molecule has 0 unspecified atom stereocenters. The van der Waals surface area contributed by atoms with E-state index in [0.717, 1.165) is 16.8 Å². The summed E-state index contributed by atoms with van der Waals surface area (Å²) in [5.74, 6) is 0.897. The zero-order chi connectivity index (χ0) is 15.1. The van der Waals surface area contributed by atoms with Gasteiger partial charge in [-0.2, -0.15) is 0 Å². The minimum absolute atomic E-state index is 0.247. The average Bonchev–Trinajstić information content (AvgIpc) is 2.76. The fourth-order valence-corrected chi connectivity index (χ4v) is 2.60. The lowest BCUT2D eigenvalue weighted by Crippen LogP contribution is -2.12. The second kappa shape index (κ2) is 4.92. The second-order valence-electron chi connectivity index (χ2n) is 5.76. The van der Waals surface area contributed by atoms with E-state index in [2.05, 4.69) is 37.9 Å². The van der Waals surface area contributed by atoms with E-state index in [0.29, 0.717) is 17.4 Å². The molecule has 1 N–H and O–H groups in total. The van der Waals surface area contributed by atoms with Gasteiger partial charge in [-0.15, -0.1) is 0 Å². The number of nitrogens with one attached hydrogen (secondary N) is 1. The molecule has 3 rings (SSSR count). The van der Waals surface area contributed by atoms with Crippen LogP contribution in [0, 0.1) is 5.82 Å². The third kappa shape index (κ3) is 2.29. The smallest absolute Gasteiger partial charge is 0.149 e. The first-order valence-electron chi connectivity index (χ1n) is 7.11. The minimum Gasteiger partial charge on any atom is -0.338 e. The highest BCUT2D eigenvalue weighted by molar-refractivity contribution is 5.85. The van der Waals surface area contributed by atoms with Gasteiger partial charge in [-0.05, 0) is 34.7 Å². The van der Waals surface area contributed by atoms with Crippen molar-refractivity contribution in [2.45, 2.75) is 19.8 Å². The highest BCUT2D eigenvalue weighted by Crippen LogP contribution is 2.40. The van der Waals surface area contributed by atoms with Crippen molar-refractivity contribution < 1.29 is 4.39 Å². The van der Waals surface area contributed by atoms with Gasteiger partial charge in [0, 0.05) is 7.05 Å². The molecule has 0 radical (unpaired) electrons. The predicted octanol–water partition coefficient (Wildman–Crippen LogP) is 4.95. The van der Waals surface area contributed by atoms with Crippen LogP contribution in [-0.2, 0) is 0 Å². The summed E-state index contributed by atoms with van der Waals surface area (Å²) in [6.45, 7) is 8.19. The maximum Gasteiger partial charge on any atom is 0.149 e. The van der Waals surface area contributed by atoms with Crippen LogP contribution < -0.4 is 10.2 Å². The molecule has 0 aliphatic carbocycles. The van der Waals surface area contributed by atoms with Gasteiger partial charge in [0.15, 0.2) is 0 Å². The molecule has 0 atom stereocenters. The van der Waals surface area contributed by atoms with Gasteiger partial charge >= 0.3 is 0 Å². The lowest BCUT2D eigenvalue weighted by atomic mass is 9.97. The van der Waals surface area contributed by atoms with Crippen LogP contribution in [0.3, 0.4) is 0 Å². The number of anilines is 2. The molecule has 0 aromatic heterocycles. The Bertz CT molecular complexity index is 719. The molecular formula is C18H19FN2. The number of halogens is 1. The van der Waals surface area contributed by atoms with Crippen molar-refractivity contribution in [1.82, 2.24) is 0 Å². The van der Waals surface area contributed by atoms with Crippen LogP contribution in [0.15, 0.2) is 48.8 Å². The molecule has 0 bridgehead atoms. The molecule has 0 saturated carbocycles. The summed E-state index contributed by atoms with van der Waals surface area (Å²) in [7, 11) is 1.88. The molecule has 1 aliphatic heterocycles. The van der Waals surface area contributed by atoms with E-state index in [4.69, 9.17) is 0 Å². The van der Waals surface area contributed by atoms with Gasteiger partial charge in [-0.3, -0.25) is 0 Å². The van der Waals surface area contributed by atoms with E-state index < -0.39 is 0 Å². The summed E-state index contributed by atoms with van der Waals surface area (Å²) >= 11 is 0. The molecule has 2 aromatic carbocycles. The molecule has 3 heteroatoms. The first-order chi connectivity index (χ1) is 9.97. The Balaban J connectivity index is 2.11. The van der Waals surface area contributed by atoms with Crippen LogP contribution in [0.25, 0.3) is 11.1 Å². The van der Waals surface area contributed by atoms with Crippen molar-refractivity contribution in [2.75, 3.05) is 17.3 Å². The van der Waals surface area contributed by atoms with Crippen molar-refractivity contribution in [3.05, 3.63) is 60.2 Å². The van der Waals surface area contributed by atoms with Crippen LogP contribution in [0.2, 0.25) is 0 Å². The van der Waals surface area contributed by atoms with Crippen LogP contribution in [0.1, 0.15) is 25.3 Å². The minimum atomic E-state index is -0.247. The van der Waals surface area contributed by atoms with Crippen LogP contribution in [0.5, 0.6) is 0 Å². The third-order valence-electron chi connectivity index (χ3n) is 3.99. The SMILES string of the molecule is C=C1Nc2c(F)cc(-c3cccc(C(C)C)c3)cc2N1C. The lowest BCUT2D eigenvalue weighted by molar-refractivity contribution is 0.633. The van der Waals surface area contributed by atoms with Crippen molar-refractivity contribution in [3.8, 4) is 11.1 Å². The summed E-state index contributed by atoms with van der Waals surface area (Å²) < 4.78 is 14.3. The molecule has 21 heavy (non-hydrogen) atoms. The van der Waals surface area contributed by atoms with E-state index in [1.807, 2.05) is 30.1 Å². The van der Waals surface area contributed by atoms with Gasteiger partial charge in [0.05, 0.1) is 11.4 Å². The van der Waals surface area contributed by atoms with Crippen LogP contribution in [0.4, 0.5) is 15.8 Å². The highest BCUT2D eigenvalue weighted by atomic mass is 19.1. The fourth-order valence-electron chi connectivity index (χ4n) is 2.60. The molecule has 108 valence electrons. The Hall–Kier alpha value is -2.29. The van der Waals surface area contributed by atoms with Crippen molar-refractivity contribution in [2.24, 2.45) is 0 Å². The maximum atomic E-state index is 14.3. The number of hydrogen-bond acceptors (Lipinski definition) is 2. The molecule has 0 spiro atoms. The Morgan fingerprint density at radius 1 is 1.14 bits per heavy atom. The third-order valence-corrected chi connectivity index (χ3v) is 3.99. The van der Waals surface area contributed by atoms with E-state index in [-0.39, 0.29) is 5.82 Å². The Labute approximate surface area is 124 Å². The van der Waals surface area contributed by atoms with Gasteiger partial charge in [0.2, 0.25) is 0 Å². The number of nitrogens with zero attached hydrogens (tertiary/aromatic N) is 1. The molecule has 1 aliphatic rings. The molecule has 2 nitrogen and oxygen atoms in total. The van der Waals surface area contributed by atoms with Crippen molar-refractivity contribution >= 4 is 11.4 Å². The summed E-state index contributed by atoms with van der Waals surface area (Å²) in [5.41, 5.74) is 4.51. The predicted molar refractivity (Wildman–Crippen MR) is 87.1 cm³/mol. The summed E-state index contributed by atoms with van der Waals surface area (Å²) in [6, 6.07) is 11.9. The first kappa shape index (κ1) is 13.7. The number of fused-ring (bicyclic) bond motifs is 1. The van der Waals surface area contributed by atoms with Crippen molar-refractivity contribution in [1.29, 1.82) is 0 Å². The molecule has 0 amide bonds. The second-order valence-corrected chi connectivity index (χ2v) is 5.76. The zero-order valence-corrected chi connectivity index (χ0v) is 12.6. The molecule has 2 aromatic rings. The topological polar surface area (TPSA) is 15.3 Å². The average molecular weight is 282 g/mol. The highest BCUT2D eigenvalue weighted by Gasteiger charge is 2.23. The van der Waals surface area contributed by atoms with E-state index in [9.17, 15) is 4.39 Å². The molecule has 0 fully saturated rings. The number of rotatable bonds is 2. The molecular weight excluding hydrogens is 263 g/mol. The zero-order valence-electron chi connectivity index (χ0n) is 12.6. The molecule has 1 heterocycles. The number of benzene rings is 2. The van der Waals surface area contributed by atoms with Gasteiger partial charge in [-0.25, -0.2) is 4.39 Å². The van der Waals surface area contributed by atoms with Crippen molar-refractivity contribution in [3.63, 3.8) is 0 Å². The van der Waals surface area contributed by atoms with Gasteiger partial charge in [0.25, 0.3) is 0 Å². The van der Waals surface area contributed by atoms with E-state index in [1.54, 1.807) is 6.07 Å². The largest absolute Gasteiger partial charge is 0.338 e. The normalized spacial score (nSPS) is 13.6. The van der Waals surface area contributed by atoms with Gasteiger partial charge in [-0.1, -0.05) is 44.7 Å². The number of hydrogen-bond donors (Lipinski definition) is 1. The van der Waals surface area contributed by atoms with E-state index >= 15 is 0 Å². The fraction of sp³-hybridized carbons (Fsp3) is 0.222. The van der Waals surface area contributed by atoms with Crippen LogP contribution in [-0.4, -0.2) is 7.05 Å². The van der Waals surface area contributed by atoms with Gasteiger partial charge in [0.1, 0.15) is 11.6 Å². The standard InChI is InChI=1S/C18H19FN2/c1-11(2)13-6-5-7-14(8-13)15-9-16(19)18-17(10-15)21(4)12(3)20-18/h5-11,20H,3H2,1-2,4H3. The lowest BCUT2D eigenvalue weighted by Gasteiger charge is -2.13.